The van der Waals surface area contributed by atoms with E-state index < -0.39 is 5.97 Å². The maximum absolute atomic E-state index is 13.0. The quantitative estimate of drug-likeness (QED) is 0.749. The molecule has 98 valence electrons. The molecular formula is C17H11FO2. The van der Waals surface area contributed by atoms with Crippen LogP contribution in [0.15, 0.2) is 60.7 Å². The third kappa shape index (κ3) is 2.14. The average molecular weight is 266 g/mol. The SMILES string of the molecule is O=C(O)c1cc(-c2ccc(F)cc2)cc2ccccc12. The van der Waals surface area contributed by atoms with Crippen molar-refractivity contribution in [3.63, 3.8) is 0 Å². The first-order chi connectivity index (χ1) is 9.65. The largest absolute Gasteiger partial charge is 0.478 e. The summed E-state index contributed by atoms with van der Waals surface area (Å²) in [4.78, 5) is 11.4. The van der Waals surface area contributed by atoms with Crippen molar-refractivity contribution in [3.8, 4) is 11.1 Å². The molecule has 0 aliphatic rings. The molecule has 3 aromatic carbocycles. The summed E-state index contributed by atoms with van der Waals surface area (Å²) in [5, 5.41) is 10.9. The summed E-state index contributed by atoms with van der Waals surface area (Å²) in [6.07, 6.45) is 0. The third-order valence-corrected chi connectivity index (χ3v) is 3.27. The van der Waals surface area contributed by atoms with Gasteiger partial charge in [-0.2, -0.15) is 0 Å². The molecule has 0 aliphatic carbocycles. The zero-order valence-corrected chi connectivity index (χ0v) is 10.5. The summed E-state index contributed by atoms with van der Waals surface area (Å²) in [7, 11) is 0. The highest BCUT2D eigenvalue weighted by atomic mass is 19.1. The Morgan fingerprint density at radius 1 is 0.900 bits per heavy atom. The zero-order chi connectivity index (χ0) is 14.1. The van der Waals surface area contributed by atoms with Crippen molar-refractivity contribution in [2.45, 2.75) is 0 Å². The highest BCUT2D eigenvalue weighted by Crippen LogP contribution is 2.28. The van der Waals surface area contributed by atoms with Crippen molar-refractivity contribution in [1.82, 2.24) is 0 Å². The fourth-order valence-electron chi connectivity index (χ4n) is 2.30. The number of aromatic carboxylic acids is 1. The minimum atomic E-state index is -0.967. The van der Waals surface area contributed by atoms with Crippen molar-refractivity contribution in [2.75, 3.05) is 0 Å². The van der Waals surface area contributed by atoms with Crippen LogP contribution in [0.2, 0.25) is 0 Å². The van der Waals surface area contributed by atoms with Crippen LogP contribution in [0.3, 0.4) is 0 Å². The van der Waals surface area contributed by atoms with E-state index in [1.807, 2.05) is 24.3 Å². The van der Waals surface area contributed by atoms with Gasteiger partial charge in [-0.15, -0.1) is 0 Å². The van der Waals surface area contributed by atoms with E-state index in [0.29, 0.717) is 5.39 Å². The Morgan fingerprint density at radius 3 is 2.30 bits per heavy atom. The maximum Gasteiger partial charge on any atom is 0.336 e. The van der Waals surface area contributed by atoms with E-state index in [1.54, 1.807) is 24.3 Å². The summed E-state index contributed by atoms with van der Waals surface area (Å²) < 4.78 is 13.0. The topological polar surface area (TPSA) is 37.3 Å². The molecule has 0 heterocycles. The van der Waals surface area contributed by atoms with Gasteiger partial charge in [-0.25, -0.2) is 9.18 Å². The van der Waals surface area contributed by atoms with Crippen LogP contribution < -0.4 is 0 Å². The van der Waals surface area contributed by atoms with Gasteiger partial charge < -0.3 is 5.11 Å². The minimum absolute atomic E-state index is 0.252. The predicted octanol–water partition coefficient (Wildman–Crippen LogP) is 4.34. The molecule has 0 fully saturated rings. The number of hydrogen-bond donors (Lipinski definition) is 1. The first-order valence-electron chi connectivity index (χ1n) is 6.17. The Labute approximate surface area is 115 Å². The van der Waals surface area contributed by atoms with Crippen LogP contribution in [0.4, 0.5) is 4.39 Å². The van der Waals surface area contributed by atoms with E-state index in [1.165, 1.54) is 12.1 Å². The lowest BCUT2D eigenvalue weighted by molar-refractivity contribution is 0.0699. The van der Waals surface area contributed by atoms with Gasteiger partial charge in [0.15, 0.2) is 0 Å². The molecule has 3 rings (SSSR count). The fourth-order valence-corrected chi connectivity index (χ4v) is 2.30. The van der Waals surface area contributed by atoms with Gasteiger partial charge in [-0.05, 0) is 46.2 Å². The number of halogens is 1. The number of rotatable bonds is 2. The molecule has 3 heteroatoms. The average Bonchev–Trinajstić information content (AvgIpc) is 2.46. The molecule has 3 aromatic rings. The van der Waals surface area contributed by atoms with Gasteiger partial charge in [0.05, 0.1) is 5.56 Å². The van der Waals surface area contributed by atoms with Crippen LogP contribution in [0.5, 0.6) is 0 Å². The summed E-state index contributed by atoms with van der Waals surface area (Å²) in [5.74, 6) is -1.28. The first-order valence-corrected chi connectivity index (χ1v) is 6.17. The van der Waals surface area contributed by atoms with E-state index in [-0.39, 0.29) is 11.4 Å². The molecule has 0 radical (unpaired) electrons. The van der Waals surface area contributed by atoms with Gasteiger partial charge in [0, 0.05) is 0 Å². The van der Waals surface area contributed by atoms with Crippen molar-refractivity contribution in [1.29, 1.82) is 0 Å². The summed E-state index contributed by atoms with van der Waals surface area (Å²) in [6, 6.07) is 16.9. The monoisotopic (exact) mass is 266 g/mol. The predicted molar refractivity (Wildman–Crippen MR) is 76.3 cm³/mol. The smallest absolute Gasteiger partial charge is 0.336 e. The molecule has 0 aliphatic heterocycles. The van der Waals surface area contributed by atoms with E-state index in [9.17, 15) is 14.3 Å². The molecule has 20 heavy (non-hydrogen) atoms. The van der Waals surface area contributed by atoms with Gasteiger partial charge in [0.1, 0.15) is 5.82 Å². The molecule has 2 nitrogen and oxygen atoms in total. The van der Waals surface area contributed by atoms with Crippen LogP contribution in [0.1, 0.15) is 10.4 Å². The van der Waals surface area contributed by atoms with Crippen molar-refractivity contribution < 1.29 is 14.3 Å². The van der Waals surface area contributed by atoms with Crippen LogP contribution in [-0.2, 0) is 0 Å². The summed E-state index contributed by atoms with van der Waals surface area (Å²) in [6.45, 7) is 0. The molecule has 0 unspecified atom stereocenters. The Bertz CT molecular complexity index is 792. The number of fused-ring (bicyclic) bond motifs is 1. The second kappa shape index (κ2) is 4.78. The summed E-state index contributed by atoms with van der Waals surface area (Å²) >= 11 is 0. The lowest BCUT2D eigenvalue weighted by Crippen LogP contribution is -1.98. The highest BCUT2D eigenvalue weighted by Gasteiger charge is 2.11. The van der Waals surface area contributed by atoms with Gasteiger partial charge in [0.25, 0.3) is 0 Å². The number of benzene rings is 3. The number of hydrogen-bond acceptors (Lipinski definition) is 1. The normalized spacial score (nSPS) is 10.7. The third-order valence-electron chi connectivity index (χ3n) is 3.27. The Hall–Kier alpha value is -2.68. The molecule has 1 N–H and O–H groups in total. The first kappa shape index (κ1) is 12.4. The Morgan fingerprint density at radius 2 is 1.60 bits per heavy atom. The van der Waals surface area contributed by atoms with Gasteiger partial charge in [-0.3, -0.25) is 0 Å². The Balaban J connectivity index is 2.27. The molecule has 0 bridgehead atoms. The number of carbonyl (C=O) groups is 1. The second-order valence-corrected chi connectivity index (χ2v) is 4.56. The molecule has 0 aromatic heterocycles. The Kier molecular flexibility index (Phi) is 2.95. The molecular weight excluding hydrogens is 255 g/mol. The fraction of sp³-hybridized carbons (Fsp3) is 0. The maximum atomic E-state index is 13.0. The number of carboxylic acids is 1. The summed E-state index contributed by atoms with van der Waals surface area (Å²) in [5.41, 5.74) is 1.81. The van der Waals surface area contributed by atoms with E-state index in [0.717, 1.165) is 16.5 Å². The van der Waals surface area contributed by atoms with E-state index in [4.69, 9.17) is 0 Å². The molecule has 0 amide bonds. The van der Waals surface area contributed by atoms with Gasteiger partial charge in [0.2, 0.25) is 0 Å². The van der Waals surface area contributed by atoms with Crippen LogP contribution in [0.25, 0.3) is 21.9 Å². The number of carboxylic acid groups (broad SMARTS) is 1. The minimum Gasteiger partial charge on any atom is -0.478 e. The second-order valence-electron chi connectivity index (χ2n) is 4.56. The molecule has 0 saturated heterocycles. The lowest BCUT2D eigenvalue weighted by atomic mass is 9.97. The molecule has 0 spiro atoms. The van der Waals surface area contributed by atoms with Crippen molar-refractivity contribution >= 4 is 16.7 Å². The van der Waals surface area contributed by atoms with Crippen molar-refractivity contribution in [2.24, 2.45) is 0 Å². The van der Waals surface area contributed by atoms with Gasteiger partial charge >= 0.3 is 5.97 Å². The van der Waals surface area contributed by atoms with Gasteiger partial charge in [-0.1, -0.05) is 36.4 Å². The molecule has 0 saturated carbocycles. The van der Waals surface area contributed by atoms with Crippen molar-refractivity contribution in [3.05, 3.63) is 72.0 Å². The highest BCUT2D eigenvalue weighted by molar-refractivity contribution is 6.05. The van der Waals surface area contributed by atoms with Crippen LogP contribution in [0, 0.1) is 5.82 Å². The van der Waals surface area contributed by atoms with E-state index >= 15 is 0 Å². The zero-order valence-electron chi connectivity index (χ0n) is 10.5. The van der Waals surface area contributed by atoms with Crippen LogP contribution >= 0.6 is 0 Å². The lowest BCUT2D eigenvalue weighted by Gasteiger charge is -2.08. The van der Waals surface area contributed by atoms with E-state index in [2.05, 4.69) is 0 Å². The molecule has 0 atom stereocenters. The van der Waals surface area contributed by atoms with Crippen LogP contribution in [-0.4, -0.2) is 11.1 Å². The standard InChI is InChI=1S/C17H11FO2/c18-14-7-5-11(6-8-14)13-9-12-3-1-2-4-15(12)16(10-13)17(19)20/h1-10H,(H,19,20).